The van der Waals surface area contributed by atoms with Gasteiger partial charge in [0.15, 0.2) is 0 Å². The van der Waals surface area contributed by atoms with Gasteiger partial charge in [0.2, 0.25) is 5.28 Å². The summed E-state index contributed by atoms with van der Waals surface area (Å²) in [6, 6.07) is 0. The normalized spacial score (nSPS) is 17.6. The molecule has 0 aliphatic carbocycles. The molecule has 1 aliphatic rings. The fraction of sp³-hybridized carbons (Fsp3) is 0.938. The SMILES string of the molecule is CCN(/[N+]([O-])=N\OC1CCN(C(=O)OC(C)(C)C)CC1)C(C)(C)C. The number of nitrogens with zero attached hydrogens (tertiary/aromatic N) is 4. The first-order valence-electron chi connectivity index (χ1n) is 8.53. The van der Waals surface area contributed by atoms with Crippen LogP contribution >= 0.6 is 0 Å². The molecule has 1 fully saturated rings. The average Bonchev–Trinajstić information content (AvgIpc) is 2.43. The predicted molar refractivity (Wildman–Crippen MR) is 90.1 cm³/mol. The highest BCUT2D eigenvalue weighted by molar-refractivity contribution is 5.68. The third-order valence-corrected chi connectivity index (χ3v) is 3.64. The summed E-state index contributed by atoms with van der Waals surface area (Å²) >= 11 is 0. The maximum Gasteiger partial charge on any atom is 0.410 e. The quantitative estimate of drug-likeness (QED) is 0.444. The van der Waals surface area contributed by atoms with Crippen LogP contribution in [0.1, 0.15) is 61.3 Å². The summed E-state index contributed by atoms with van der Waals surface area (Å²) in [5, 5.41) is 17.3. The third kappa shape index (κ3) is 6.41. The van der Waals surface area contributed by atoms with E-state index in [1.54, 1.807) is 9.91 Å². The number of carbonyl (C=O) groups excluding carboxylic acids is 1. The molecule has 1 rings (SSSR count). The van der Waals surface area contributed by atoms with Crippen molar-refractivity contribution in [3.05, 3.63) is 5.21 Å². The van der Waals surface area contributed by atoms with Crippen LogP contribution in [-0.2, 0) is 9.57 Å². The smallest absolute Gasteiger partial charge is 0.410 e. The highest BCUT2D eigenvalue weighted by Crippen LogP contribution is 2.18. The minimum absolute atomic E-state index is 0.168. The molecular weight excluding hydrogens is 312 g/mol. The Morgan fingerprint density at radius 1 is 1.25 bits per heavy atom. The average molecular weight is 344 g/mol. The van der Waals surface area contributed by atoms with E-state index in [1.165, 1.54) is 0 Å². The molecule has 24 heavy (non-hydrogen) atoms. The number of amides is 1. The zero-order valence-electron chi connectivity index (χ0n) is 16.0. The molecule has 0 spiro atoms. The number of rotatable bonds is 4. The lowest BCUT2D eigenvalue weighted by atomic mass is 10.1. The Kier molecular flexibility index (Phi) is 6.68. The van der Waals surface area contributed by atoms with Crippen molar-refractivity contribution in [3.8, 4) is 0 Å². The van der Waals surface area contributed by atoms with Gasteiger partial charge in [0.1, 0.15) is 11.7 Å². The number of likely N-dealkylation sites (tertiary alicyclic amines) is 1. The number of hydrogen-bond donors (Lipinski definition) is 0. The van der Waals surface area contributed by atoms with Gasteiger partial charge in [0, 0.05) is 25.9 Å². The van der Waals surface area contributed by atoms with Crippen LogP contribution < -0.4 is 0 Å². The minimum atomic E-state index is -0.501. The van der Waals surface area contributed by atoms with Gasteiger partial charge in [-0.1, -0.05) is 0 Å². The van der Waals surface area contributed by atoms with E-state index in [4.69, 9.17) is 9.57 Å². The van der Waals surface area contributed by atoms with E-state index in [1.807, 2.05) is 48.5 Å². The maximum absolute atomic E-state index is 12.1. The fourth-order valence-electron chi connectivity index (χ4n) is 2.47. The standard InChI is InChI=1S/C16H32N4O4/c1-8-19(15(2,3)4)20(22)17-24-13-9-11-18(12-10-13)14(21)23-16(5,6)7/h13H,8-12H2,1-7H3/b20-17+. The summed E-state index contributed by atoms with van der Waals surface area (Å²) in [5.41, 5.74) is -0.831. The number of hydrazine groups is 1. The lowest BCUT2D eigenvalue weighted by Gasteiger charge is -2.32. The number of hydrogen-bond acceptors (Lipinski definition) is 5. The predicted octanol–water partition coefficient (Wildman–Crippen LogP) is 3.32. The molecule has 0 saturated carbocycles. The Bertz CT molecular complexity index is 446. The van der Waals surface area contributed by atoms with Crippen LogP contribution in [0.4, 0.5) is 4.79 Å². The van der Waals surface area contributed by atoms with Crippen molar-refractivity contribution in [2.24, 2.45) is 5.28 Å². The first-order valence-corrected chi connectivity index (χ1v) is 8.53. The first-order chi connectivity index (χ1) is 10.9. The zero-order valence-corrected chi connectivity index (χ0v) is 16.0. The van der Waals surface area contributed by atoms with Crippen LogP contribution in [0.3, 0.4) is 0 Å². The minimum Gasteiger partial charge on any atom is -0.569 e. The fourth-order valence-corrected chi connectivity index (χ4v) is 2.47. The molecule has 0 aromatic carbocycles. The maximum atomic E-state index is 12.1. The van der Waals surface area contributed by atoms with Crippen molar-refractivity contribution in [2.75, 3.05) is 19.6 Å². The van der Waals surface area contributed by atoms with Gasteiger partial charge in [0.05, 0.1) is 17.1 Å². The molecule has 1 heterocycles. The van der Waals surface area contributed by atoms with Gasteiger partial charge in [-0.3, -0.25) is 0 Å². The highest BCUT2D eigenvalue weighted by Gasteiger charge is 2.30. The first kappa shape index (κ1) is 20.3. The van der Waals surface area contributed by atoms with Crippen molar-refractivity contribution in [1.82, 2.24) is 9.91 Å². The Morgan fingerprint density at radius 2 is 1.79 bits per heavy atom. The monoisotopic (exact) mass is 344 g/mol. The summed E-state index contributed by atoms with van der Waals surface area (Å²) < 4.78 is 5.35. The summed E-state index contributed by atoms with van der Waals surface area (Å²) in [6.45, 7) is 14.9. The second-order valence-corrected chi connectivity index (χ2v) is 7.99. The molecule has 0 aromatic rings. The van der Waals surface area contributed by atoms with Crippen LogP contribution in [-0.4, -0.2) is 57.8 Å². The zero-order chi connectivity index (χ0) is 18.5. The van der Waals surface area contributed by atoms with Gasteiger partial charge >= 0.3 is 6.09 Å². The van der Waals surface area contributed by atoms with Crippen molar-refractivity contribution >= 4 is 6.09 Å². The Morgan fingerprint density at radius 3 is 2.21 bits per heavy atom. The molecule has 0 radical (unpaired) electrons. The van der Waals surface area contributed by atoms with Crippen LogP contribution in [0.15, 0.2) is 5.28 Å². The molecule has 0 bridgehead atoms. The Hall–Kier alpha value is -1.73. The molecule has 0 N–H and O–H groups in total. The molecule has 1 aliphatic heterocycles. The number of ether oxygens (including phenoxy) is 1. The van der Waals surface area contributed by atoms with E-state index in [0.717, 1.165) is 0 Å². The van der Waals surface area contributed by atoms with Crippen LogP contribution in [0, 0.1) is 5.21 Å². The van der Waals surface area contributed by atoms with Gasteiger partial charge in [-0.05, 0) is 48.5 Å². The van der Waals surface area contributed by atoms with Gasteiger partial charge < -0.3 is 19.7 Å². The molecule has 8 heteroatoms. The van der Waals surface area contributed by atoms with Gasteiger partial charge in [-0.25, -0.2) is 4.79 Å². The number of carbonyl (C=O) groups is 1. The van der Waals surface area contributed by atoms with Crippen molar-refractivity contribution in [1.29, 1.82) is 0 Å². The summed E-state index contributed by atoms with van der Waals surface area (Å²) in [4.78, 5) is 19.5. The molecule has 140 valence electrons. The van der Waals surface area contributed by atoms with E-state index in [9.17, 15) is 10.0 Å². The molecule has 0 atom stereocenters. The van der Waals surface area contributed by atoms with Crippen molar-refractivity contribution in [2.45, 2.75) is 78.6 Å². The second-order valence-electron chi connectivity index (χ2n) is 7.99. The van der Waals surface area contributed by atoms with Gasteiger partial charge in [-0.15, -0.1) is 5.01 Å². The molecule has 1 amide bonds. The molecule has 0 unspecified atom stereocenters. The topological polar surface area (TPSA) is 80.4 Å². The summed E-state index contributed by atoms with van der Waals surface area (Å²) in [5.74, 6) is 0. The van der Waals surface area contributed by atoms with E-state index >= 15 is 0 Å². The van der Waals surface area contributed by atoms with E-state index in [0.29, 0.717) is 37.4 Å². The van der Waals surface area contributed by atoms with Crippen LogP contribution in [0.2, 0.25) is 0 Å². The Balaban J connectivity index is 2.49. The second kappa shape index (κ2) is 7.90. The molecule has 8 nitrogen and oxygen atoms in total. The van der Waals surface area contributed by atoms with Crippen LogP contribution in [0.5, 0.6) is 0 Å². The van der Waals surface area contributed by atoms with Crippen molar-refractivity contribution < 1.29 is 19.3 Å². The van der Waals surface area contributed by atoms with Crippen molar-refractivity contribution in [3.63, 3.8) is 0 Å². The Labute approximate surface area is 144 Å². The third-order valence-electron chi connectivity index (χ3n) is 3.64. The summed E-state index contributed by atoms with van der Waals surface area (Å²) in [6.07, 6.45) is 0.767. The highest BCUT2D eigenvalue weighted by atomic mass is 16.7. The lowest BCUT2D eigenvalue weighted by molar-refractivity contribution is -0.725. The lowest BCUT2D eigenvalue weighted by Crippen LogP contribution is -2.46. The summed E-state index contributed by atoms with van der Waals surface area (Å²) in [7, 11) is 0. The number of piperidine rings is 1. The van der Waals surface area contributed by atoms with Gasteiger partial charge in [0.25, 0.3) is 0 Å². The molecular formula is C16H32N4O4. The van der Waals surface area contributed by atoms with Crippen LogP contribution in [0.25, 0.3) is 0 Å². The van der Waals surface area contributed by atoms with E-state index in [-0.39, 0.29) is 17.7 Å². The van der Waals surface area contributed by atoms with E-state index < -0.39 is 5.60 Å². The molecule has 0 aromatic heterocycles. The molecule has 1 saturated heterocycles. The van der Waals surface area contributed by atoms with E-state index in [2.05, 4.69) is 5.28 Å². The largest absolute Gasteiger partial charge is 0.569 e. The van der Waals surface area contributed by atoms with Gasteiger partial charge in [-0.2, -0.15) is 0 Å².